The zero-order valence-electron chi connectivity index (χ0n) is 10.0. The fraction of sp³-hybridized carbons (Fsp3) is 0.462. The van der Waals surface area contributed by atoms with Crippen LogP contribution in [0.1, 0.15) is 32.6 Å². The normalized spacial score (nSPS) is 9.53. The van der Waals surface area contributed by atoms with E-state index in [2.05, 4.69) is 36.6 Å². The van der Waals surface area contributed by atoms with E-state index in [9.17, 15) is 0 Å². The van der Waals surface area contributed by atoms with Crippen LogP contribution in [0.2, 0.25) is 0 Å². The van der Waals surface area contributed by atoms with Crippen LogP contribution in [0.25, 0.3) is 0 Å². The van der Waals surface area contributed by atoms with Crippen molar-refractivity contribution < 1.29 is 17.1 Å². The molecule has 0 aliphatic rings. The summed E-state index contributed by atoms with van der Waals surface area (Å²) in [6, 6.07) is 10.2. The van der Waals surface area contributed by atoms with Crippen LogP contribution in [0.15, 0.2) is 30.3 Å². The number of thiol groups is 1. The third-order valence-corrected chi connectivity index (χ3v) is 3.00. The average molecular weight is 317 g/mol. The molecule has 0 aliphatic carbocycles. The summed E-state index contributed by atoms with van der Waals surface area (Å²) in [6.07, 6.45) is 4.98. The Morgan fingerprint density at radius 1 is 1.18 bits per heavy atom. The van der Waals surface area contributed by atoms with Gasteiger partial charge in [-0.25, -0.2) is 0 Å². The minimum atomic E-state index is 0. The molecule has 1 aromatic rings. The maximum atomic E-state index is 5.17. The van der Waals surface area contributed by atoms with Crippen LogP contribution in [0.5, 0.6) is 0 Å². The predicted octanol–water partition coefficient (Wildman–Crippen LogP) is 4.29. The van der Waals surface area contributed by atoms with E-state index in [-0.39, 0.29) is 17.1 Å². The molecule has 0 unspecified atom stereocenters. The molecule has 0 saturated carbocycles. The molecule has 0 aliphatic heterocycles. The average Bonchev–Trinajstić information content (AvgIpc) is 2.30. The van der Waals surface area contributed by atoms with E-state index in [0.29, 0.717) is 4.32 Å². The Morgan fingerprint density at radius 3 is 2.35 bits per heavy atom. The van der Waals surface area contributed by atoms with Gasteiger partial charge in [0, 0.05) is 29.3 Å². The maximum absolute atomic E-state index is 5.17. The molecule has 0 N–H and O–H groups in total. The van der Waals surface area contributed by atoms with Crippen molar-refractivity contribution in [3.63, 3.8) is 0 Å². The largest absolute Gasteiger partial charge is 0.328 e. The number of thiocarbonyl (C=S) groups is 1. The maximum Gasteiger partial charge on any atom is 0.137 e. The monoisotopic (exact) mass is 316 g/mol. The Labute approximate surface area is 126 Å². The first-order chi connectivity index (χ1) is 7.75. The van der Waals surface area contributed by atoms with E-state index in [1.807, 2.05) is 18.2 Å². The van der Waals surface area contributed by atoms with Gasteiger partial charge in [0.2, 0.25) is 0 Å². The van der Waals surface area contributed by atoms with Crippen LogP contribution < -0.4 is 4.90 Å². The van der Waals surface area contributed by atoms with Gasteiger partial charge in [-0.2, -0.15) is 0 Å². The van der Waals surface area contributed by atoms with Gasteiger partial charge in [0.1, 0.15) is 4.32 Å². The number of benzene rings is 1. The van der Waals surface area contributed by atoms with Crippen LogP contribution in [0.3, 0.4) is 0 Å². The van der Waals surface area contributed by atoms with E-state index < -0.39 is 0 Å². The van der Waals surface area contributed by atoms with E-state index in [1.165, 1.54) is 25.7 Å². The van der Waals surface area contributed by atoms with Crippen LogP contribution in [-0.2, 0) is 17.1 Å². The summed E-state index contributed by atoms with van der Waals surface area (Å²) in [6.45, 7) is 3.19. The van der Waals surface area contributed by atoms with E-state index in [1.54, 1.807) is 0 Å². The van der Waals surface area contributed by atoms with Gasteiger partial charge in [0.05, 0.1) is 0 Å². The third kappa shape index (κ3) is 6.46. The van der Waals surface area contributed by atoms with Gasteiger partial charge in [-0.05, 0) is 18.6 Å². The third-order valence-electron chi connectivity index (χ3n) is 2.53. The summed E-state index contributed by atoms with van der Waals surface area (Å²) < 4.78 is 0.655. The summed E-state index contributed by atoms with van der Waals surface area (Å²) in [4.78, 5) is 2.09. The van der Waals surface area contributed by atoms with Gasteiger partial charge < -0.3 is 4.90 Å². The summed E-state index contributed by atoms with van der Waals surface area (Å²) in [5.41, 5.74) is 1.14. The van der Waals surface area contributed by atoms with Crippen LogP contribution in [-0.4, -0.2) is 10.9 Å². The Kier molecular flexibility index (Phi) is 9.94. The Morgan fingerprint density at radius 2 is 1.82 bits per heavy atom. The Balaban J connectivity index is 0.00000256. The van der Waals surface area contributed by atoms with Crippen molar-refractivity contribution in [2.75, 3.05) is 11.4 Å². The standard InChI is InChI=1S/C13H19NS2.Cu/c1-2-3-4-8-11-14(13(15)16)12-9-6-5-7-10-12;/h5-7,9-10H,2-4,8,11H2,1H3,(H,15,16);. The molecule has 0 atom stereocenters. The fourth-order valence-corrected chi connectivity index (χ4v) is 2.05. The minimum absolute atomic E-state index is 0. The second kappa shape index (κ2) is 9.95. The van der Waals surface area contributed by atoms with Crippen molar-refractivity contribution in [2.45, 2.75) is 32.6 Å². The van der Waals surface area contributed by atoms with Crippen LogP contribution >= 0.6 is 24.8 Å². The van der Waals surface area contributed by atoms with Gasteiger partial charge in [-0.15, -0.1) is 12.6 Å². The van der Waals surface area contributed by atoms with Gasteiger partial charge >= 0.3 is 0 Å². The molecule has 0 amide bonds. The van der Waals surface area contributed by atoms with E-state index in [0.717, 1.165) is 12.2 Å². The Hall–Kier alpha value is -0.0205. The zero-order valence-corrected chi connectivity index (χ0v) is 12.7. The second-order valence-corrected chi connectivity index (χ2v) is 4.94. The quantitative estimate of drug-likeness (QED) is 0.361. The molecule has 0 heterocycles. The SMILES string of the molecule is CCCCCCN(C(=S)S)c1ccccc1.[Cu]. The van der Waals surface area contributed by atoms with Crippen molar-refractivity contribution in [1.82, 2.24) is 0 Å². The minimum Gasteiger partial charge on any atom is -0.328 e. The summed E-state index contributed by atoms with van der Waals surface area (Å²) >= 11 is 9.45. The number of hydrogen-bond donors (Lipinski definition) is 1. The van der Waals surface area contributed by atoms with E-state index >= 15 is 0 Å². The van der Waals surface area contributed by atoms with Crippen molar-refractivity contribution in [3.8, 4) is 0 Å². The van der Waals surface area contributed by atoms with Crippen LogP contribution in [0, 0.1) is 0 Å². The van der Waals surface area contributed by atoms with Crippen molar-refractivity contribution >= 4 is 34.9 Å². The number of hydrogen-bond acceptors (Lipinski definition) is 1. The van der Waals surface area contributed by atoms with Crippen molar-refractivity contribution in [1.29, 1.82) is 0 Å². The predicted molar refractivity (Wildman–Crippen MR) is 79.5 cm³/mol. The number of unbranched alkanes of at least 4 members (excludes halogenated alkanes) is 3. The van der Waals surface area contributed by atoms with Crippen molar-refractivity contribution in [2.24, 2.45) is 0 Å². The summed E-state index contributed by atoms with van der Waals surface area (Å²) in [5.74, 6) is 0. The number of nitrogens with zero attached hydrogens (tertiary/aromatic N) is 1. The number of para-hydroxylation sites is 1. The molecule has 0 bridgehead atoms. The molecule has 4 heteroatoms. The molecular formula is C13H19CuNS2. The topological polar surface area (TPSA) is 3.24 Å². The summed E-state index contributed by atoms with van der Waals surface area (Å²) in [5, 5.41) is 0. The van der Waals surface area contributed by atoms with Crippen molar-refractivity contribution in [3.05, 3.63) is 30.3 Å². The van der Waals surface area contributed by atoms with Crippen LogP contribution in [0.4, 0.5) is 5.69 Å². The molecule has 99 valence electrons. The van der Waals surface area contributed by atoms with E-state index in [4.69, 9.17) is 12.2 Å². The molecule has 1 radical (unpaired) electrons. The first-order valence-corrected chi connectivity index (χ1v) is 6.66. The fourth-order valence-electron chi connectivity index (χ4n) is 1.64. The summed E-state index contributed by atoms with van der Waals surface area (Å²) in [7, 11) is 0. The molecule has 0 fully saturated rings. The molecule has 1 nitrogen and oxygen atoms in total. The van der Waals surface area contributed by atoms with Gasteiger partial charge in [-0.3, -0.25) is 0 Å². The molecule has 1 rings (SSSR count). The number of anilines is 1. The first kappa shape index (κ1) is 17.0. The number of rotatable bonds is 6. The molecule has 17 heavy (non-hydrogen) atoms. The molecule has 1 aromatic carbocycles. The van der Waals surface area contributed by atoms with Gasteiger partial charge in [0.15, 0.2) is 0 Å². The molecule has 0 saturated heterocycles. The zero-order chi connectivity index (χ0) is 11.8. The first-order valence-electron chi connectivity index (χ1n) is 5.81. The second-order valence-electron chi connectivity index (χ2n) is 3.83. The Bertz CT molecular complexity index is 316. The molecule has 0 spiro atoms. The smallest absolute Gasteiger partial charge is 0.137 e. The molecular weight excluding hydrogens is 298 g/mol. The molecule has 0 aromatic heterocycles. The van der Waals surface area contributed by atoms with Gasteiger partial charge in [-0.1, -0.05) is 56.6 Å². The van der Waals surface area contributed by atoms with Gasteiger partial charge in [0.25, 0.3) is 0 Å².